The van der Waals surface area contributed by atoms with Crippen molar-refractivity contribution in [2.45, 2.75) is 36.0 Å². The first-order valence-electron chi connectivity index (χ1n) is 12.7. The van der Waals surface area contributed by atoms with Crippen LogP contribution in [0, 0.1) is 0 Å². The molecule has 0 atom stereocenters. The van der Waals surface area contributed by atoms with Gasteiger partial charge in [0.25, 0.3) is 5.91 Å². The molecule has 1 saturated heterocycles. The molecule has 0 spiro atoms. The van der Waals surface area contributed by atoms with Crippen molar-refractivity contribution in [1.29, 1.82) is 0 Å². The number of likely N-dealkylation sites (tertiary alicyclic amines) is 1. The molecule has 1 fully saturated rings. The fourth-order valence-electron chi connectivity index (χ4n) is 4.63. The Balaban J connectivity index is 1.14. The van der Waals surface area contributed by atoms with E-state index in [1.165, 1.54) is 17.5 Å². The molecule has 2 amide bonds. The van der Waals surface area contributed by atoms with Crippen molar-refractivity contribution in [3.05, 3.63) is 114 Å². The number of aromatic nitrogens is 3. The molecule has 0 aliphatic carbocycles. The van der Waals surface area contributed by atoms with Gasteiger partial charge in [0.1, 0.15) is 11.4 Å². The monoisotopic (exact) mass is 523 g/mol. The second-order valence-corrected chi connectivity index (χ2v) is 10.3. The van der Waals surface area contributed by atoms with Gasteiger partial charge >= 0.3 is 0 Å². The number of hydrogen-bond donors (Lipinski definition) is 1. The molecular formula is C30H29N5O2S. The van der Waals surface area contributed by atoms with Crippen LogP contribution in [0.3, 0.4) is 0 Å². The van der Waals surface area contributed by atoms with Gasteiger partial charge in [-0.15, -0.1) is 11.8 Å². The van der Waals surface area contributed by atoms with Crippen LogP contribution in [0.4, 0.5) is 5.69 Å². The van der Waals surface area contributed by atoms with Crippen LogP contribution >= 0.6 is 11.8 Å². The smallest absolute Gasteiger partial charge is 0.256 e. The Kier molecular flexibility index (Phi) is 8.40. The minimum Gasteiger partial charge on any atom is -0.339 e. The average Bonchev–Trinajstić information content (AvgIpc) is 2.97. The largest absolute Gasteiger partial charge is 0.339 e. The van der Waals surface area contributed by atoms with Gasteiger partial charge < -0.3 is 10.2 Å². The second-order valence-electron chi connectivity index (χ2n) is 9.29. The van der Waals surface area contributed by atoms with Gasteiger partial charge in [-0.3, -0.25) is 9.59 Å². The lowest BCUT2D eigenvalue weighted by atomic mass is 9.89. The lowest BCUT2D eigenvalue weighted by Crippen LogP contribution is -2.38. The number of thioether (sulfide) groups is 1. The van der Waals surface area contributed by atoms with Crippen LogP contribution in [0.1, 0.15) is 45.8 Å². The van der Waals surface area contributed by atoms with Gasteiger partial charge in [-0.2, -0.15) is 0 Å². The van der Waals surface area contributed by atoms with Crippen LogP contribution in [-0.2, 0) is 17.0 Å². The Hall–Kier alpha value is -4.04. The normalized spacial score (nSPS) is 13.7. The standard InChI is InChI=1S/C30H29N5O2S/c36-28(17-23-18-31-21-32-19-23)34-26-10-8-24(9-11-26)25-12-15-35(16-13-25)30(37)27-7-4-14-33-29(27)38-20-22-5-2-1-3-6-22/h1-11,14,18-19,21,25H,12-13,15-17,20H2,(H,34,36). The first-order valence-corrected chi connectivity index (χ1v) is 13.7. The molecule has 0 bridgehead atoms. The number of benzene rings is 2. The highest BCUT2D eigenvalue weighted by atomic mass is 32.2. The van der Waals surface area contributed by atoms with Crippen LogP contribution < -0.4 is 5.32 Å². The van der Waals surface area contributed by atoms with Crippen molar-refractivity contribution in [3.8, 4) is 0 Å². The summed E-state index contributed by atoms with van der Waals surface area (Å²) in [4.78, 5) is 40.0. The van der Waals surface area contributed by atoms with Gasteiger partial charge in [-0.05, 0) is 59.7 Å². The summed E-state index contributed by atoms with van der Waals surface area (Å²) in [5, 5.41) is 3.71. The van der Waals surface area contributed by atoms with E-state index in [-0.39, 0.29) is 18.2 Å². The topological polar surface area (TPSA) is 88.1 Å². The molecule has 4 aromatic rings. The molecule has 3 heterocycles. The highest BCUT2D eigenvalue weighted by molar-refractivity contribution is 7.98. The molecule has 1 aliphatic heterocycles. The summed E-state index contributed by atoms with van der Waals surface area (Å²) in [6.07, 6.45) is 8.52. The SMILES string of the molecule is O=C(Cc1cncnc1)Nc1ccc(C2CCN(C(=O)c3cccnc3SCc3ccccc3)CC2)cc1. The van der Waals surface area contributed by atoms with Gasteiger partial charge in [0.15, 0.2) is 0 Å². The molecule has 192 valence electrons. The minimum absolute atomic E-state index is 0.0500. The van der Waals surface area contributed by atoms with Crippen LogP contribution in [0.15, 0.2) is 96.7 Å². The van der Waals surface area contributed by atoms with Crippen LogP contribution in [0.5, 0.6) is 0 Å². The average molecular weight is 524 g/mol. The summed E-state index contributed by atoms with van der Waals surface area (Å²) in [7, 11) is 0. The highest BCUT2D eigenvalue weighted by Crippen LogP contribution is 2.31. The number of anilines is 1. The molecule has 1 aliphatic rings. The Bertz CT molecular complexity index is 1360. The number of piperidine rings is 1. The van der Waals surface area contributed by atoms with E-state index < -0.39 is 0 Å². The third-order valence-electron chi connectivity index (χ3n) is 6.65. The summed E-state index contributed by atoms with van der Waals surface area (Å²) in [5.41, 5.74) is 4.65. The van der Waals surface area contributed by atoms with Crippen molar-refractivity contribution in [2.75, 3.05) is 18.4 Å². The molecule has 7 nitrogen and oxygen atoms in total. The van der Waals surface area contributed by atoms with E-state index in [0.717, 1.165) is 34.9 Å². The maximum absolute atomic E-state index is 13.4. The Morgan fingerprint density at radius 3 is 2.37 bits per heavy atom. The van der Waals surface area contributed by atoms with Crippen LogP contribution in [-0.4, -0.2) is 44.8 Å². The van der Waals surface area contributed by atoms with Gasteiger partial charge in [-0.25, -0.2) is 15.0 Å². The van der Waals surface area contributed by atoms with E-state index in [1.54, 1.807) is 30.4 Å². The van der Waals surface area contributed by atoms with Gasteiger partial charge in [0, 0.05) is 43.1 Å². The minimum atomic E-state index is -0.101. The number of rotatable bonds is 8. The molecule has 0 saturated carbocycles. The quantitative estimate of drug-likeness (QED) is 0.313. The fourth-order valence-corrected chi connectivity index (χ4v) is 5.57. The second kappa shape index (κ2) is 12.5. The molecule has 0 unspecified atom stereocenters. The summed E-state index contributed by atoms with van der Waals surface area (Å²) in [5.74, 6) is 1.10. The van der Waals surface area contributed by atoms with E-state index in [4.69, 9.17) is 0 Å². The van der Waals surface area contributed by atoms with Crippen molar-refractivity contribution >= 4 is 29.3 Å². The van der Waals surface area contributed by atoms with Crippen LogP contribution in [0.2, 0.25) is 0 Å². The first-order chi connectivity index (χ1) is 18.7. The van der Waals surface area contributed by atoms with E-state index in [2.05, 4.69) is 44.5 Å². The molecule has 5 rings (SSSR count). The molecule has 8 heteroatoms. The summed E-state index contributed by atoms with van der Waals surface area (Å²) in [6, 6.07) is 22.0. The van der Waals surface area contributed by atoms with Gasteiger partial charge in [-0.1, -0.05) is 42.5 Å². The highest BCUT2D eigenvalue weighted by Gasteiger charge is 2.26. The molecule has 2 aromatic carbocycles. The predicted octanol–water partition coefficient (Wildman–Crippen LogP) is 5.36. The summed E-state index contributed by atoms with van der Waals surface area (Å²) >= 11 is 1.60. The molecule has 38 heavy (non-hydrogen) atoms. The maximum Gasteiger partial charge on any atom is 0.256 e. The Labute approximate surface area is 226 Å². The van der Waals surface area contributed by atoms with Gasteiger partial charge in [0.05, 0.1) is 12.0 Å². The lowest BCUT2D eigenvalue weighted by molar-refractivity contribution is -0.115. The Morgan fingerprint density at radius 1 is 0.895 bits per heavy atom. The zero-order valence-electron chi connectivity index (χ0n) is 21.0. The number of carbonyl (C=O) groups excluding carboxylic acids is 2. The van der Waals surface area contributed by atoms with Crippen molar-refractivity contribution in [3.63, 3.8) is 0 Å². The predicted molar refractivity (Wildman–Crippen MR) is 149 cm³/mol. The van der Waals surface area contributed by atoms with Gasteiger partial charge in [0.2, 0.25) is 5.91 Å². The lowest BCUT2D eigenvalue weighted by Gasteiger charge is -2.32. The number of nitrogens with one attached hydrogen (secondary N) is 1. The maximum atomic E-state index is 13.4. The van der Waals surface area contributed by atoms with Crippen molar-refractivity contribution in [2.24, 2.45) is 0 Å². The van der Waals surface area contributed by atoms with Crippen LogP contribution in [0.25, 0.3) is 0 Å². The molecular weight excluding hydrogens is 494 g/mol. The summed E-state index contributed by atoms with van der Waals surface area (Å²) < 4.78 is 0. The fraction of sp³-hybridized carbons (Fsp3) is 0.233. The van der Waals surface area contributed by atoms with E-state index in [1.807, 2.05) is 47.4 Å². The Morgan fingerprint density at radius 2 is 1.63 bits per heavy atom. The first kappa shape index (κ1) is 25.6. The summed E-state index contributed by atoms with van der Waals surface area (Å²) in [6.45, 7) is 1.41. The van der Waals surface area contributed by atoms with E-state index in [0.29, 0.717) is 24.6 Å². The third-order valence-corrected chi connectivity index (χ3v) is 7.72. The number of hydrogen-bond acceptors (Lipinski definition) is 6. The van der Waals surface area contributed by atoms with E-state index >= 15 is 0 Å². The number of nitrogens with zero attached hydrogens (tertiary/aromatic N) is 4. The van der Waals surface area contributed by atoms with Crippen molar-refractivity contribution < 1.29 is 9.59 Å². The molecule has 1 N–H and O–H groups in total. The number of pyridine rings is 1. The number of carbonyl (C=O) groups is 2. The molecule has 0 radical (unpaired) electrons. The van der Waals surface area contributed by atoms with E-state index in [9.17, 15) is 9.59 Å². The molecule has 2 aromatic heterocycles. The van der Waals surface area contributed by atoms with Crippen molar-refractivity contribution in [1.82, 2.24) is 19.9 Å². The third kappa shape index (κ3) is 6.63. The zero-order valence-corrected chi connectivity index (χ0v) is 21.8. The number of amides is 2. The zero-order chi connectivity index (χ0) is 26.2.